The summed E-state index contributed by atoms with van der Waals surface area (Å²) in [5.74, 6) is -0.596. The number of hydrogen-bond acceptors (Lipinski definition) is 3. The average molecular weight is 262 g/mol. The lowest BCUT2D eigenvalue weighted by atomic mass is 10.1. The largest absolute Gasteiger partial charge is 0.416 e. The normalized spacial score (nSPS) is 11.2. The van der Waals surface area contributed by atoms with Gasteiger partial charge in [-0.1, -0.05) is 0 Å². The van der Waals surface area contributed by atoms with E-state index >= 15 is 0 Å². The van der Waals surface area contributed by atoms with Gasteiger partial charge in [0, 0.05) is 13.0 Å². The number of benzene rings is 1. The van der Waals surface area contributed by atoms with Crippen molar-refractivity contribution < 1.29 is 22.9 Å². The first-order chi connectivity index (χ1) is 8.12. The lowest BCUT2D eigenvalue weighted by Gasteiger charge is -2.12. The van der Waals surface area contributed by atoms with E-state index in [0.29, 0.717) is 6.07 Å². The standard InChI is InChI=1S/C10H9F3N2O3/c1-5-3-7(10(11,12)13)4-8(15(17)18)9(5)14-6(2)16/h3-4H,1-2H3,(H,14,16). The van der Waals surface area contributed by atoms with Gasteiger partial charge in [0.05, 0.1) is 10.5 Å². The first kappa shape index (κ1) is 13.9. The number of aryl methyl sites for hydroxylation is 1. The van der Waals surface area contributed by atoms with Crippen molar-refractivity contribution in [3.63, 3.8) is 0 Å². The summed E-state index contributed by atoms with van der Waals surface area (Å²) in [6, 6.07) is 1.15. The molecule has 98 valence electrons. The summed E-state index contributed by atoms with van der Waals surface area (Å²) < 4.78 is 37.5. The minimum atomic E-state index is -4.68. The van der Waals surface area contributed by atoms with Crippen LogP contribution in [-0.2, 0) is 11.0 Å². The van der Waals surface area contributed by atoms with Gasteiger partial charge in [-0.2, -0.15) is 13.2 Å². The second kappa shape index (κ2) is 4.63. The van der Waals surface area contributed by atoms with Crippen molar-refractivity contribution in [3.05, 3.63) is 33.4 Å². The number of halogens is 3. The molecule has 0 radical (unpaired) electrons. The highest BCUT2D eigenvalue weighted by atomic mass is 19.4. The monoisotopic (exact) mass is 262 g/mol. The molecule has 1 aromatic rings. The second-order valence-electron chi connectivity index (χ2n) is 3.62. The highest BCUT2D eigenvalue weighted by Gasteiger charge is 2.34. The van der Waals surface area contributed by atoms with Gasteiger partial charge >= 0.3 is 6.18 Å². The Morgan fingerprint density at radius 3 is 2.33 bits per heavy atom. The Labute approximate surface area is 99.8 Å². The number of hydrogen-bond donors (Lipinski definition) is 1. The van der Waals surface area contributed by atoms with Crippen molar-refractivity contribution in [1.82, 2.24) is 0 Å². The van der Waals surface area contributed by atoms with Crippen molar-refractivity contribution in [1.29, 1.82) is 0 Å². The van der Waals surface area contributed by atoms with Crippen molar-refractivity contribution in [2.24, 2.45) is 0 Å². The van der Waals surface area contributed by atoms with Crippen LogP contribution in [0.1, 0.15) is 18.1 Å². The number of nitrogens with one attached hydrogen (secondary N) is 1. The molecule has 0 aromatic heterocycles. The van der Waals surface area contributed by atoms with E-state index in [0.717, 1.165) is 13.0 Å². The molecule has 0 saturated carbocycles. The number of anilines is 1. The summed E-state index contributed by atoms with van der Waals surface area (Å²) in [7, 11) is 0. The third-order valence-corrected chi connectivity index (χ3v) is 2.14. The smallest absolute Gasteiger partial charge is 0.320 e. The summed E-state index contributed by atoms with van der Waals surface area (Å²) in [6.45, 7) is 2.37. The van der Waals surface area contributed by atoms with Gasteiger partial charge < -0.3 is 5.32 Å². The van der Waals surface area contributed by atoms with Gasteiger partial charge in [-0.25, -0.2) is 0 Å². The molecule has 0 aliphatic carbocycles. The van der Waals surface area contributed by atoms with E-state index in [9.17, 15) is 28.1 Å². The molecule has 0 fully saturated rings. The first-order valence-electron chi connectivity index (χ1n) is 4.76. The number of amides is 1. The quantitative estimate of drug-likeness (QED) is 0.657. The minimum absolute atomic E-state index is 0.0216. The van der Waals surface area contributed by atoms with E-state index in [1.807, 2.05) is 0 Å². The molecule has 1 amide bonds. The zero-order valence-corrected chi connectivity index (χ0v) is 9.46. The molecule has 1 N–H and O–H groups in total. The van der Waals surface area contributed by atoms with Crippen LogP contribution in [-0.4, -0.2) is 10.8 Å². The SMILES string of the molecule is CC(=O)Nc1c(C)cc(C(F)(F)F)cc1[N+](=O)[O-]. The van der Waals surface area contributed by atoms with E-state index in [1.165, 1.54) is 6.92 Å². The van der Waals surface area contributed by atoms with Crippen molar-refractivity contribution in [3.8, 4) is 0 Å². The molecule has 0 spiro atoms. The number of nitro groups is 1. The Morgan fingerprint density at radius 1 is 1.39 bits per heavy atom. The Kier molecular flexibility index (Phi) is 3.59. The molecule has 1 aromatic carbocycles. The van der Waals surface area contributed by atoms with Gasteiger partial charge in [0.25, 0.3) is 5.69 Å². The number of nitrogens with zero attached hydrogens (tertiary/aromatic N) is 1. The molecule has 1 rings (SSSR count). The summed E-state index contributed by atoms with van der Waals surface area (Å²) in [5.41, 5.74) is -2.15. The zero-order chi connectivity index (χ0) is 14.1. The first-order valence-corrected chi connectivity index (χ1v) is 4.76. The molecule has 18 heavy (non-hydrogen) atoms. The van der Waals surface area contributed by atoms with E-state index in [-0.39, 0.29) is 11.3 Å². The minimum Gasteiger partial charge on any atom is -0.320 e. The van der Waals surface area contributed by atoms with Crippen LogP contribution in [0.5, 0.6) is 0 Å². The van der Waals surface area contributed by atoms with Crippen LogP contribution in [0.2, 0.25) is 0 Å². The maximum atomic E-state index is 12.5. The highest BCUT2D eigenvalue weighted by Crippen LogP contribution is 2.37. The molecule has 0 saturated heterocycles. The molecular formula is C10H9F3N2O3. The number of carbonyl (C=O) groups excluding carboxylic acids is 1. The Morgan fingerprint density at radius 2 is 1.94 bits per heavy atom. The fraction of sp³-hybridized carbons (Fsp3) is 0.300. The highest BCUT2D eigenvalue weighted by molar-refractivity contribution is 5.92. The number of carbonyl (C=O) groups is 1. The van der Waals surface area contributed by atoms with Crippen molar-refractivity contribution >= 4 is 17.3 Å². The van der Waals surface area contributed by atoms with Gasteiger partial charge in [0.2, 0.25) is 5.91 Å². The van der Waals surface area contributed by atoms with Crippen molar-refractivity contribution in [2.45, 2.75) is 20.0 Å². The van der Waals surface area contributed by atoms with Gasteiger partial charge in [-0.15, -0.1) is 0 Å². The Hall–Kier alpha value is -2.12. The molecule has 5 nitrogen and oxygen atoms in total. The molecule has 8 heteroatoms. The Balaban J connectivity index is 3.45. The fourth-order valence-electron chi connectivity index (χ4n) is 1.41. The summed E-state index contributed by atoms with van der Waals surface area (Å²) in [5, 5.41) is 12.9. The predicted molar refractivity (Wildman–Crippen MR) is 57.1 cm³/mol. The lowest BCUT2D eigenvalue weighted by Crippen LogP contribution is -2.12. The summed E-state index contributed by atoms with van der Waals surface area (Å²) in [6.07, 6.45) is -4.68. The molecule has 0 atom stereocenters. The van der Waals surface area contributed by atoms with Crippen LogP contribution < -0.4 is 5.32 Å². The molecule has 0 bridgehead atoms. The summed E-state index contributed by atoms with van der Waals surface area (Å²) in [4.78, 5) is 20.6. The van der Waals surface area contributed by atoms with Crippen LogP contribution in [0.4, 0.5) is 24.5 Å². The number of alkyl halides is 3. The van der Waals surface area contributed by atoms with Gasteiger partial charge in [0.1, 0.15) is 5.69 Å². The summed E-state index contributed by atoms with van der Waals surface area (Å²) >= 11 is 0. The maximum absolute atomic E-state index is 12.5. The molecule has 0 aliphatic rings. The average Bonchev–Trinajstić information content (AvgIpc) is 2.17. The van der Waals surface area contributed by atoms with Crippen LogP contribution in [0.25, 0.3) is 0 Å². The van der Waals surface area contributed by atoms with E-state index in [4.69, 9.17) is 0 Å². The van der Waals surface area contributed by atoms with Crippen LogP contribution in [0.15, 0.2) is 12.1 Å². The fourth-order valence-corrected chi connectivity index (χ4v) is 1.41. The third-order valence-electron chi connectivity index (χ3n) is 2.14. The van der Waals surface area contributed by atoms with E-state index in [2.05, 4.69) is 5.32 Å². The predicted octanol–water partition coefficient (Wildman–Crippen LogP) is 2.88. The van der Waals surface area contributed by atoms with Crippen molar-refractivity contribution in [2.75, 3.05) is 5.32 Å². The zero-order valence-electron chi connectivity index (χ0n) is 9.46. The molecule has 0 unspecified atom stereocenters. The van der Waals surface area contributed by atoms with Gasteiger partial charge in [-0.05, 0) is 18.6 Å². The number of rotatable bonds is 2. The van der Waals surface area contributed by atoms with E-state index < -0.39 is 28.3 Å². The van der Waals surface area contributed by atoms with Crippen LogP contribution >= 0.6 is 0 Å². The maximum Gasteiger partial charge on any atom is 0.416 e. The van der Waals surface area contributed by atoms with Crippen LogP contribution in [0, 0.1) is 17.0 Å². The van der Waals surface area contributed by atoms with E-state index in [1.54, 1.807) is 0 Å². The topological polar surface area (TPSA) is 72.2 Å². The van der Waals surface area contributed by atoms with Gasteiger partial charge in [-0.3, -0.25) is 14.9 Å². The molecule has 0 heterocycles. The van der Waals surface area contributed by atoms with Gasteiger partial charge in [0.15, 0.2) is 0 Å². The Bertz CT molecular complexity index is 512. The lowest BCUT2D eigenvalue weighted by molar-refractivity contribution is -0.384. The number of nitro benzene ring substituents is 1. The molecule has 0 aliphatic heterocycles. The third kappa shape index (κ3) is 2.96. The van der Waals surface area contributed by atoms with Crippen LogP contribution in [0.3, 0.4) is 0 Å². The molecular weight excluding hydrogens is 253 g/mol. The second-order valence-corrected chi connectivity index (χ2v) is 3.62.